The standard InChI is InChI=1S/C17H18ClNO4S/c1-12-5-4-6-13(9-12)11-23-17(20)14-7-8-15(18)16(10-14)24(21,22)19(2)3/h4-10H,11H2,1-3H3. The lowest BCUT2D eigenvalue weighted by Crippen LogP contribution is -2.23. The van der Waals surface area contributed by atoms with Crippen LogP contribution in [-0.4, -0.2) is 32.8 Å². The maximum atomic E-state index is 12.2. The molecule has 5 nitrogen and oxygen atoms in total. The number of nitrogens with zero attached hydrogens (tertiary/aromatic N) is 1. The molecule has 0 unspecified atom stereocenters. The Balaban J connectivity index is 2.21. The van der Waals surface area contributed by atoms with Gasteiger partial charge in [0.25, 0.3) is 0 Å². The van der Waals surface area contributed by atoms with Gasteiger partial charge in [-0.2, -0.15) is 0 Å². The van der Waals surface area contributed by atoms with E-state index in [0.29, 0.717) is 0 Å². The van der Waals surface area contributed by atoms with Crippen molar-refractivity contribution in [3.63, 3.8) is 0 Å². The first-order valence-corrected chi connectivity index (χ1v) is 8.98. The van der Waals surface area contributed by atoms with Gasteiger partial charge >= 0.3 is 5.97 Å². The summed E-state index contributed by atoms with van der Waals surface area (Å²) in [4.78, 5) is 12.1. The van der Waals surface area contributed by atoms with Crippen LogP contribution < -0.4 is 0 Å². The van der Waals surface area contributed by atoms with Crippen molar-refractivity contribution in [3.8, 4) is 0 Å². The van der Waals surface area contributed by atoms with Gasteiger partial charge in [0.1, 0.15) is 11.5 Å². The lowest BCUT2D eigenvalue weighted by atomic mass is 10.1. The molecule has 0 atom stereocenters. The van der Waals surface area contributed by atoms with Crippen molar-refractivity contribution in [2.45, 2.75) is 18.4 Å². The van der Waals surface area contributed by atoms with Crippen molar-refractivity contribution in [1.29, 1.82) is 0 Å². The van der Waals surface area contributed by atoms with E-state index in [-0.39, 0.29) is 22.1 Å². The first-order valence-electron chi connectivity index (χ1n) is 7.16. The molecule has 7 heteroatoms. The van der Waals surface area contributed by atoms with E-state index in [1.807, 2.05) is 31.2 Å². The number of carbonyl (C=O) groups excluding carboxylic acids is 1. The first kappa shape index (κ1) is 18.4. The molecule has 2 rings (SSSR count). The number of esters is 1. The number of rotatable bonds is 5. The normalized spacial score (nSPS) is 11.5. The van der Waals surface area contributed by atoms with E-state index in [1.54, 1.807) is 0 Å². The van der Waals surface area contributed by atoms with Crippen molar-refractivity contribution in [2.75, 3.05) is 14.1 Å². The number of aryl methyl sites for hydroxylation is 1. The molecule has 0 aromatic heterocycles. The van der Waals surface area contributed by atoms with E-state index < -0.39 is 16.0 Å². The Morgan fingerprint density at radius 2 is 1.88 bits per heavy atom. The lowest BCUT2D eigenvalue weighted by Gasteiger charge is -2.13. The van der Waals surface area contributed by atoms with Gasteiger partial charge in [-0.3, -0.25) is 0 Å². The Bertz CT molecular complexity index is 863. The highest BCUT2D eigenvalue weighted by Crippen LogP contribution is 2.25. The highest BCUT2D eigenvalue weighted by molar-refractivity contribution is 7.89. The Morgan fingerprint density at radius 3 is 2.50 bits per heavy atom. The highest BCUT2D eigenvalue weighted by Gasteiger charge is 2.22. The minimum atomic E-state index is -3.74. The van der Waals surface area contributed by atoms with Crippen molar-refractivity contribution in [3.05, 3.63) is 64.2 Å². The fourth-order valence-electron chi connectivity index (χ4n) is 2.06. The summed E-state index contributed by atoms with van der Waals surface area (Å²) in [6, 6.07) is 11.6. The molecule has 0 bridgehead atoms. The predicted molar refractivity (Wildman–Crippen MR) is 92.6 cm³/mol. The van der Waals surface area contributed by atoms with E-state index >= 15 is 0 Å². The molecule has 0 heterocycles. The summed E-state index contributed by atoms with van der Waals surface area (Å²) in [5.41, 5.74) is 2.06. The van der Waals surface area contributed by atoms with Gasteiger partial charge in [-0.05, 0) is 30.7 Å². The van der Waals surface area contributed by atoms with Gasteiger partial charge in [0.15, 0.2) is 0 Å². The second kappa shape index (κ2) is 7.34. The van der Waals surface area contributed by atoms with Crippen LogP contribution in [0, 0.1) is 6.92 Å². The summed E-state index contributed by atoms with van der Waals surface area (Å²) in [6.45, 7) is 2.06. The predicted octanol–water partition coefficient (Wildman–Crippen LogP) is 3.26. The average Bonchev–Trinajstić information content (AvgIpc) is 2.52. The van der Waals surface area contributed by atoms with Crippen LogP contribution >= 0.6 is 11.6 Å². The molecule has 0 aliphatic carbocycles. The smallest absolute Gasteiger partial charge is 0.338 e. The zero-order chi connectivity index (χ0) is 17.9. The van der Waals surface area contributed by atoms with Gasteiger partial charge in [-0.25, -0.2) is 17.5 Å². The van der Waals surface area contributed by atoms with Crippen molar-refractivity contribution >= 4 is 27.6 Å². The molecule has 0 saturated carbocycles. The molecule has 0 spiro atoms. The van der Waals surface area contributed by atoms with Crippen LogP contribution in [0.4, 0.5) is 0 Å². The van der Waals surface area contributed by atoms with E-state index in [1.165, 1.54) is 32.3 Å². The zero-order valence-electron chi connectivity index (χ0n) is 13.6. The molecule has 0 N–H and O–H groups in total. The minimum absolute atomic E-state index is 0.0546. The van der Waals surface area contributed by atoms with Crippen molar-refractivity contribution in [1.82, 2.24) is 4.31 Å². The maximum Gasteiger partial charge on any atom is 0.338 e. The van der Waals surface area contributed by atoms with Gasteiger partial charge in [0, 0.05) is 14.1 Å². The molecule has 0 saturated heterocycles. The van der Waals surface area contributed by atoms with Crippen LogP contribution in [0.2, 0.25) is 5.02 Å². The summed E-state index contributed by atoms with van der Waals surface area (Å²) in [5, 5.41) is 0.0546. The quantitative estimate of drug-likeness (QED) is 0.761. The van der Waals surface area contributed by atoms with Crippen LogP contribution in [0.15, 0.2) is 47.4 Å². The fourth-order valence-corrected chi connectivity index (χ4v) is 3.45. The average molecular weight is 368 g/mol. The Hall–Kier alpha value is -1.89. The molecule has 0 fully saturated rings. The van der Waals surface area contributed by atoms with E-state index in [2.05, 4.69) is 0 Å². The second-order valence-corrected chi connectivity index (χ2v) is 8.03. The molecule has 128 valence electrons. The SMILES string of the molecule is Cc1cccc(COC(=O)c2ccc(Cl)c(S(=O)(=O)N(C)C)c2)c1. The van der Waals surface area contributed by atoms with Crippen LogP contribution in [0.3, 0.4) is 0 Å². The van der Waals surface area contributed by atoms with E-state index in [4.69, 9.17) is 16.3 Å². The number of hydrogen-bond donors (Lipinski definition) is 0. The molecule has 0 amide bonds. The van der Waals surface area contributed by atoms with Crippen LogP contribution in [0.1, 0.15) is 21.5 Å². The van der Waals surface area contributed by atoms with Crippen LogP contribution in [0.25, 0.3) is 0 Å². The summed E-state index contributed by atoms with van der Waals surface area (Å²) in [7, 11) is -0.948. The summed E-state index contributed by atoms with van der Waals surface area (Å²) < 4.78 is 30.8. The summed E-state index contributed by atoms with van der Waals surface area (Å²) in [6.07, 6.45) is 0. The Kier molecular flexibility index (Phi) is 5.64. The molecule has 0 aliphatic rings. The molecule has 0 radical (unpaired) electrons. The third-order valence-electron chi connectivity index (χ3n) is 3.38. The first-order chi connectivity index (χ1) is 11.2. The Morgan fingerprint density at radius 1 is 1.17 bits per heavy atom. The number of halogens is 1. The van der Waals surface area contributed by atoms with E-state index in [0.717, 1.165) is 15.4 Å². The topological polar surface area (TPSA) is 63.7 Å². The maximum absolute atomic E-state index is 12.2. The number of ether oxygens (including phenoxy) is 1. The van der Waals surface area contributed by atoms with Crippen LogP contribution in [0.5, 0.6) is 0 Å². The zero-order valence-corrected chi connectivity index (χ0v) is 15.2. The monoisotopic (exact) mass is 367 g/mol. The largest absolute Gasteiger partial charge is 0.457 e. The molecule has 24 heavy (non-hydrogen) atoms. The second-order valence-electron chi connectivity index (χ2n) is 5.50. The molecule has 0 aliphatic heterocycles. The number of benzene rings is 2. The third-order valence-corrected chi connectivity index (χ3v) is 5.67. The lowest BCUT2D eigenvalue weighted by molar-refractivity contribution is 0.0472. The summed E-state index contributed by atoms with van der Waals surface area (Å²) >= 11 is 5.96. The fraction of sp³-hybridized carbons (Fsp3) is 0.235. The molecule has 2 aromatic rings. The number of hydrogen-bond acceptors (Lipinski definition) is 4. The van der Waals surface area contributed by atoms with Crippen molar-refractivity contribution < 1.29 is 17.9 Å². The molecule has 2 aromatic carbocycles. The molecular weight excluding hydrogens is 350 g/mol. The van der Waals surface area contributed by atoms with Gasteiger partial charge in [-0.15, -0.1) is 0 Å². The minimum Gasteiger partial charge on any atom is -0.457 e. The van der Waals surface area contributed by atoms with Crippen LogP contribution in [-0.2, 0) is 21.4 Å². The summed E-state index contributed by atoms with van der Waals surface area (Å²) in [5.74, 6) is -0.608. The van der Waals surface area contributed by atoms with Gasteiger partial charge in [0.05, 0.1) is 10.6 Å². The van der Waals surface area contributed by atoms with Gasteiger partial charge in [-0.1, -0.05) is 41.4 Å². The van der Waals surface area contributed by atoms with Gasteiger partial charge < -0.3 is 4.74 Å². The third kappa shape index (κ3) is 4.14. The van der Waals surface area contributed by atoms with E-state index in [9.17, 15) is 13.2 Å². The number of carbonyl (C=O) groups is 1. The highest BCUT2D eigenvalue weighted by atomic mass is 35.5. The van der Waals surface area contributed by atoms with Gasteiger partial charge in [0.2, 0.25) is 10.0 Å². The number of sulfonamides is 1. The van der Waals surface area contributed by atoms with Crippen molar-refractivity contribution in [2.24, 2.45) is 0 Å². The Labute approximate surface area is 146 Å². The molecular formula is C17H18ClNO4S.